The van der Waals surface area contributed by atoms with Gasteiger partial charge in [0.2, 0.25) is 0 Å². The number of benzene rings is 1. The first-order valence-electron chi connectivity index (χ1n) is 6.56. The van der Waals surface area contributed by atoms with Crippen molar-refractivity contribution in [3.05, 3.63) is 27.8 Å². The molecule has 0 bridgehead atoms. The Morgan fingerprint density at radius 1 is 1.45 bits per heavy atom. The van der Waals surface area contributed by atoms with Crippen LogP contribution >= 0.6 is 35.0 Å². The molecule has 0 radical (unpaired) electrons. The van der Waals surface area contributed by atoms with Gasteiger partial charge in [-0.2, -0.15) is 0 Å². The number of hydrogen-bond acceptors (Lipinski definition) is 3. The van der Waals surface area contributed by atoms with Crippen LogP contribution in [0.25, 0.3) is 0 Å². The fourth-order valence-corrected chi connectivity index (χ4v) is 2.53. The van der Waals surface area contributed by atoms with Crippen molar-refractivity contribution in [2.24, 2.45) is 0 Å². The van der Waals surface area contributed by atoms with Crippen LogP contribution < -0.4 is 15.4 Å². The summed E-state index contributed by atoms with van der Waals surface area (Å²) in [5.74, 6) is 0.671. The minimum absolute atomic E-state index is 0. The van der Waals surface area contributed by atoms with E-state index in [1.165, 1.54) is 0 Å². The summed E-state index contributed by atoms with van der Waals surface area (Å²) >= 11 is 2.24. The first kappa shape index (κ1) is 17.5. The molecule has 0 saturated carbocycles. The Kier molecular flexibility index (Phi) is 7.61. The molecule has 4 nitrogen and oxygen atoms in total. The van der Waals surface area contributed by atoms with Gasteiger partial charge < -0.3 is 15.4 Å². The van der Waals surface area contributed by atoms with Gasteiger partial charge in [-0.05, 0) is 73.2 Å². The van der Waals surface area contributed by atoms with E-state index in [2.05, 4.69) is 40.1 Å². The zero-order chi connectivity index (χ0) is 13.7. The van der Waals surface area contributed by atoms with Crippen molar-refractivity contribution in [1.82, 2.24) is 10.6 Å². The van der Waals surface area contributed by atoms with Crippen LogP contribution in [0.1, 0.15) is 19.8 Å². The molecule has 1 amide bonds. The van der Waals surface area contributed by atoms with Crippen molar-refractivity contribution in [3.63, 3.8) is 0 Å². The van der Waals surface area contributed by atoms with Gasteiger partial charge in [-0.1, -0.05) is 0 Å². The van der Waals surface area contributed by atoms with Crippen LogP contribution in [0.4, 0.5) is 0 Å². The zero-order valence-electron chi connectivity index (χ0n) is 11.4. The summed E-state index contributed by atoms with van der Waals surface area (Å²) in [6.45, 7) is 3.21. The third kappa shape index (κ3) is 5.46. The van der Waals surface area contributed by atoms with E-state index < -0.39 is 0 Å². The van der Waals surface area contributed by atoms with Crippen LogP contribution in [0.5, 0.6) is 5.75 Å². The Morgan fingerprint density at radius 2 is 2.15 bits per heavy atom. The summed E-state index contributed by atoms with van der Waals surface area (Å²) in [7, 11) is 0. The highest BCUT2D eigenvalue weighted by molar-refractivity contribution is 14.1. The van der Waals surface area contributed by atoms with E-state index in [-0.39, 0.29) is 31.0 Å². The van der Waals surface area contributed by atoms with Gasteiger partial charge in [-0.25, -0.2) is 0 Å². The van der Waals surface area contributed by atoms with Crippen molar-refractivity contribution in [2.45, 2.75) is 31.8 Å². The Morgan fingerprint density at radius 3 is 2.80 bits per heavy atom. The number of halogens is 2. The Bertz CT molecular complexity index is 428. The van der Waals surface area contributed by atoms with Crippen molar-refractivity contribution in [1.29, 1.82) is 0 Å². The fourth-order valence-electron chi connectivity index (χ4n) is 2.17. The second-order valence-corrected chi connectivity index (χ2v) is 6.05. The molecular formula is C14H20ClIN2O2. The second kappa shape index (κ2) is 8.69. The summed E-state index contributed by atoms with van der Waals surface area (Å²) in [6, 6.07) is 8.21. The van der Waals surface area contributed by atoms with Gasteiger partial charge in [0.1, 0.15) is 5.75 Å². The van der Waals surface area contributed by atoms with Crippen molar-refractivity contribution < 1.29 is 9.53 Å². The lowest BCUT2D eigenvalue weighted by molar-refractivity contribution is -0.124. The van der Waals surface area contributed by atoms with Gasteiger partial charge in [0.25, 0.3) is 5.91 Å². The maximum Gasteiger partial charge on any atom is 0.258 e. The first-order chi connectivity index (χ1) is 9.15. The van der Waals surface area contributed by atoms with Crippen molar-refractivity contribution in [3.8, 4) is 5.75 Å². The van der Waals surface area contributed by atoms with Gasteiger partial charge in [0.05, 0.1) is 0 Å². The molecule has 2 rings (SSSR count). The molecule has 2 N–H and O–H groups in total. The van der Waals surface area contributed by atoms with E-state index in [0.717, 1.165) is 28.7 Å². The lowest BCUT2D eigenvalue weighted by Crippen LogP contribution is -2.52. The van der Waals surface area contributed by atoms with Gasteiger partial charge in [-0.15, -0.1) is 12.4 Å². The second-order valence-electron chi connectivity index (χ2n) is 4.80. The quantitative estimate of drug-likeness (QED) is 0.749. The van der Waals surface area contributed by atoms with Gasteiger partial charge in [0, 0.05) is 15.7 Å². The Hall–Kier alpha value is -0.530. The molecule has 2 unspecified atom stereocenters. The normalized spacial score (nSPS) is 21.7. The lowest BCUT2D eigenvalue weighted by atomic mass is 10.00. The maximum atomic E-state index is 11.8. The topological polar surface area (TPSA) is 50.4 Å². The van der Waals surface area contributed by atoms with Crippen molar-refractivity contribution in [2.75, 3.05) is 13.2 Å². The average molecular weight is 411 g/mol. The molecule has 1 aliphatic rings. The van der Waals surface area contributed by atoms with E-state index in [0.29, 0.717) is 6.04 Å². The van der Waals surface area contributed by atoms with Crippen LogP contribution in [-0.2, 0) is 4.79 Å². The third-order valence-electron chi connectivity index (χ3n) is 3.29. The van der Waals surface area contributed by atoms with Gasteiger partial charge >= 0.3 is 0 Å². The molecule has 0 aromatic heterocycles. The summed E-state index contributed by atoms with van der Waals surface area (Å²) in [6.07, 6.45) is 2.14. The largest absolute Gasteiger partial charge is 0.484 e. The Labute approximate surface area is 139 Å². The maximum absolute atomic E-state index is 11.8. The zero-order valence-corrected chi connectivity index (χ0v) is 14.4. The highest BCUT2D eigenvalue weighted by Crippen LogP contribution is 2.13. The molecule has 0 spiro atoms. The number of hydrogen-bond donors (Lipinski definition) is 2. The van der Waals surface area contributed by atoms with Crippen LogP contribution in [0.15, 0.2) is 24.3 Å². The average Bonchev–Trinajstić information content (AvgIpc) is 2.41. The molecule has 0 aliphatic carbocycles. The highest BCUT2D eigenvalue weighted by Gasteiger charge is 2.22. The molecular weight excluding hydrogens is 391 g/mol. The molecule has 2 atom stereocenters. The minimum atomic E-state index is -0.0564. The predicted molar refractivity (Wildman–Crippen MR) is 90.5 cm³/mol. The number of carbonyl (C=O) groups excluding carboxylic acids is 1. The number of ether oxygens (including phenoxy) is 1. The molecule has 6 heteroatoms. The SMILES string of the molecule is CC1NCCCC1NC(=O)COc1ccc(I)cc1.Cl. The summed E-state index contributed by atoms with van der Waals surface area (Å²) in [5.41, 5.74) is 0. The molecule has 1 aliphatic heterocycles. The predicted octanol–water partition coefficient (Wildman–Crippen LogP) is 2.35. The number of rotatable bonds is 4. The van der Waals surface area contributed by atoms with Crippen molar-refractivity contribution >= 4 is 40.9 Å². The van der Waals surface area contributed by atoms with Crippen LogP contribution in [0.2, 0.25) is 0 Å². The first-order valence-corrected chi connectivity index (χ1v) is 7.64. The Balaban J connectivity index is 0.00000200. The monoisotopic (exact) mass is 410 g/mol. The highest BCUT2D eigenvalue weighted by atomic mass is 127. The standard InChI is InChI=1S/C14H19IN2O2.ClH/c1-10-13(3-2-8-16-10)17-14(18)9-19-12-6-4-11(15)5-7-12;/h4-7,10,13,16H,2-3,8-9H2,1H3,(H,17,18);1H. The molecule has 112 valence electrons. The molecule has 1 heterocycles. The van der Waals surface area contributed by atoms with Crippen LogP contribution in [0, 0.1) is 3.57 Å². The van der Waals surface area contributed by atoms with E-state index in [1.807, 2.05) is 24.3 Å². The summed E-state index contributed by atoms with van der Waals surface area (Å²) < 4.78 is 6.61. The van der Waals surface area contributed by atoms with Crippen LogP contribution in [0.3, 0.4) is 0 Å². The molecule has 1 aromatic carbocycles. The van der Waals surface area contributed by atoms with Gasteiger partial charge in [-0.3, -0.25) is 4.79 Å². The van der Waals surface area contributed by atoms with Gasteiger partial charge in [0.15, 0.2) is 6.61 Å². The molecule has 1 saturated heterocycles. The van der Waals surface area contributed by atoms with E-state index in [1.54, 1.807) is 0 Å². The molecule has 1 fully saturated rings. The smallest absolute Gasteiger partial charge is 0.258 e. The van der Waals surface area contributed by atoms with E-state index >= 15 is 0 Å². The molecule has 1 aromatic rings. The summed E-state index contributed by atoms with van der Waals surface area (Å²) in [5, 5.41) is 6.38. The van der Waals surface area contributed by atoms with Crippen LogP contribution in [-0.4, -0.2) is 31.1 Å². The van der Waals surface area contributed by atoms with E-state index in [4.69, 9.17) is 4.74 Å². The number of piperidine rings is 1. The fraction of sp³-hybridized carbons (Fsp3) is 0.500. The van der Waals surface area contributed by atoms with E-state index in [9.17, 15) is 4.79 Å². The summed E-state index contributed by atoms with van der Waals surface area (Å²) in [4.78, 5) is 11.8. The molecule has 20 heavy (non-hydrogen) atoms. The lowest BCUT2D eigenvalue weighted by Gasteiger charge is -2.30. The number of nitrogens with one attached hydrogen (secondary N) is 2. The minimum Gasteiger partial charge on any atom is -0.484 e. The third-order valence-corrected chi connectivity index (χ3v) is 4.01. The number of amides is 1. The number of carbonyl (C=O) groups is 1.